The number of nitrogens with zero attached hydrogens (tertiary/aromatic N) is 3. The number of benzene rings is 7. The number of furan rings is 1. The molecular weight excluding hydrogens is 587 g/mol. The van der Waals surface area contributed by atoms with Crippen LogP contribution in [-0.4, -0.2) is 14.5 Å². The third kappa shape index (κ3) is 4.10. The molecule has 0 aliphatic rings. The minimum Gasteiger partial charge on any atom is -0.452 e. The van der Waals surface area contributed by atoms with E-state index in [1.54, 1.807) is 0 Å². The van der Waals surface area contributed by atoms with E-state index in [4.69, 9.17) is 14.4 Å². The van der Waals surface area contributed by atoms with Gasteiger partial charge in [0.25, 0.3) is 0 Å². The summed E-state index contributed by atoms with van der Waals surface area (Å²) in [6.07, 6.45) is 0. The van der Waals surface area contributed by atoms with E-state index in [1.807, 2.05) is 24.3 Å². The van der Waals surface area contributed by atoms with Crippen LogP contribution in [0.1, 0.15) is 0 Å². The fourth-order valence-electron chi connectivity index (χ4n) is 7.19. The quantitative estimate of drug-likeness (QED) is 0.198. The Morgan fingerprint density at radius 3 is 1.98 bits per heavy atom. The van der Waals surface area contributed by atoms with E-state index in [0.717, 1.165) is 55.5 Å². The van der Waals surface area contributed by atoms with Gasteiger partial charge in [-0.2, -0.15) is 0 Å². The molecule has 3 heterocycles. The van der Waals surface area contributed by atoms with Crippen LogP contribution in [-0.2, 0) is 0 Å². The molecule has 7 aromatic carbocycles. The molecule has 0 aliphatic heterocycles. The van der Waals surface area contributed by atoms with E-state index < -0.39 is 0 Å². The first kappa shape index (κ1) is 26.7. The van der Waals surface area contributed by atoms with Crippen molar-refractivity contribution >= 4 is 54.6 Å². The highest BCUT2D eigenvalue weighted by atomic mass is 16.3. The number of fused-ring (bicyclic) bond motifs is 7. The molecule has 0 amide bonds. The molecule has 0 spiro atoms. The molecule has 0 bridgehead atoms. The van der Waals surface area contributed by atoms with Crippen LogP contribution in [0.3, 0.4) is 0 Å². The summed E-state index contributed by atoms with van der Waals surface area (Å²) in [6, 6.07) is 57.3. The van der Waals surface area contributed by atoms with Crippen LogP contribution < -0.4 is 0 Å². The van der Waals surface area contributed by atoms with Crippen LogP contribution in [0.5, 0.6) is 0 Å². The minimum absolute atomic E-state index is 0.669. The second kappa shape index (κ2) is 10.5. The predicted molar refractivity (Wildman–Crippen MR) is 197 cm³/mol. The first-order valence-electron chi connectivity index (χ1n) is 16.2. The molecule has 0 radical (unpaired) electrons. The van der Waals surface area contributed by atoms with E-state index in [1.165, 1.54) is 27.2 Å². The molecular formula is C44H27N3O. The van der Waals surface area contributed by atoms with Crippen molar-refractivity contribution < 1.29 is 4.42 Å². The molecule has 0 saturated heterocycles. The Labute approximate surface area is 276 Å². The van der Waals surface area contributed by atoms with Gasteiger partial charge in [0.05, 0.1) is 16.4 Å². The Bertz CT molecular complexity index is 2790. The minimum atomic E-state index is 0.669. The van der Waals surface area contributed by atoms with Crippen molar-refractivity contribution in [2.24, 2.45) is 0 Å². The van der Waals surface area contributed by atoms with Crippen molar-refractivity contribution in [3.63, 3.8) is 0 Å². The number of para-hydroxylation sites is 2. The first-order valence-corrected chi connectivity index (χ1v) is 16.2. The Balaban J connectivity index is 1.23. The van der Waals surface area contributed by atoms with Crippen molar-refractivity contribution in [1.82, 2.24) is 14.5 Å². The molecule has 0 atom stereocenters. The smallest absolute Gasteiger partial charge is 0.180 e. The largest absolute Gasteiger partial charge is 0.452 e. The fraction of sp³-hybridized carbons (Fsp3) is 0. The predicted octanol–water partition coefficient (Wildman–Crippen LogP) is 11.6. The molecule has 0 saturated carbocycles. The zero-order chi connectivity index (χ0) is 31.6. The van der Waals surface area contributed by atoms with Crippen LogP contribution in [0.2, 0.25) is 0 Å². The lowest BCUT2D eigenvalue weighted by atomic mass is 9.99. The maximum atomic E-state index is 6.69. The number of rotatable bonds is 4. The van der Waals surface area contributed by atoms with Crippen LogP contribution in [0.4, 0.5) is 0 Å². The number of hydrogen-bond acceptors (Lipinski definition) is 3. The second-order valence-corrected chi connectivity index (χ2v) is 12.2. The SMILES string of the molecule is c1ccc(-c2nc(-c3ccc4ccccc4c3)c3oc4cccc(-c5cccc(-n6c7ccccc7c7ccccc76)c5)c4c3n2)cc1. The highest BCUT2D eigenvalue weighted by molar-refractivity contribution is 6.14. The maximum Gasteiger partial charge on any atom is 0.180 e. The Kier molecular flexibility index (Phi) is 5.84. The van der Waals surface area contributed by atoms with E-state index in [9.17, 15) is 0 Å². The van der Waals surface area contributed by atoms with Gasteiger partial charge in [0.15, 0.2) is 11.4 Å². The zero-order valence-electron chi connectivity index (χ0n) is 25.8. The summed E-state index contributed by atoms with van der Waals surface area (Å²) in [6.45, 7) is 0. The van der Waals surface area contributed by atoms with Gasteiger partial charge in [-0.05, 0) is 58.3 Å². The van der Waals surface area contributed by atoms with E-state index >= 15 is 0 Å². The lowest BCUT2D eigenvalue weighted by Gasteiger charge is -2.11. The molecule has 4 heteroatoms. The summed E-state index contributed by atoms with van der Waals surface area (Å²) >= 11 is 0. The Morgan fingerprint density at radius 1 is 0.479 bits per heavy atom. The van der Waals surface area contributed by atoms with Gasteiger partial charge in [-0.15, -0.1) is 0 Å². The molecule has 10 rings (SSSR count). The molecule has 4 nitrogen and oxygen atoms in total. The van der Waals surface area contributed by atoms with Gasteiger partial charge >= 0.3 is 0 Å². The summed E-state index contributed by atoms with van der Waals surface area (Å²) in [5.41, 5.74) is 10.6. The fourth-order valence-corrected chi connectivity index (χ4v) is 7.19. The molecule has 48 heavy (non-hydrogen) atoms. The van der Waals surface area contributed by atoms with E-state index in [0.29, 0.717) is 11.4 Å². The van der Waals surface area contributed by atoms with Crippen LogP contribution >= 0.6 is 0 Å². The molecule has 10 aromatic rings. The summed E-state index contributed by atoms with van der Waals surface area (Å²) < 4.78 is 9.05. The van der Waals surface area contributed by atoms with Gasteiger partial charge in [0, 0.05) is 27.6 Å². The van der Waals surface area contributed by atoms with Gasteiger partial charge in [-0.3, -0.25) is 0 Å². The maximum absolute atomic E-state index is 6.69. The normalized spacial score (nSPS) is 11.8. The summed E-state index contributed by atoms with van der Waals surface area (Å²) in [5, 5.41) is 5.81. The average Bonchev–Trinajstić information content (AvgIpc) is 3.71. The van der Waals surface area contributed by atoms with Gasteiger partial charge in [0.2, 0.25) is 0 Å². The van der Waals surface area contributed by atoms with Crippen molar-refractivity contribution in [2.45, 2.75) is 0 Å². The van der Waals surface area contributed by atoms with Gasteiger partial charge in [-0.1, -0.05) is 127 Å². The summed E-state index contributed by atoms with van der Waals surface area (Å²) in [7, 11) is 0. The van der Waals surface area contributed by atoms with Crippen molar-refractivity contribution in [1.29, 1.82) is 0 Å². The summed E-state index contributed by atoms with van der Waals surface area (Å²) in [5.74, 6) is 0.669. The molecule has 0 N–H and O–H groups in total. The Hall–Kier alpha value is -6.52. The monoisotopic (exact) mass is 613 g/mol. The van der Waals surface area contributed by atoms with Crippen molar-refractivity contribution in [2.75, 3.05) is 0 Å². The molecule has 3 aromatic heterocycles. The van der Waals surface area contributed by atoms with Crippen LogP contribution in [0.15, 0.2) is 168 Å². The van der Waals surface area contributed by atoms with Crippen molar-refractivity contribution in [3.05, 3.63) is 164 Å². The molecule has 0 aliphatic carbocycles. The van der Waals surface area contributed by atoms with Gasteiger partial charge in [0.1, 0.15) is 16.8 Å². The second-order valence-electron chi connectivity index (χ2n) is 12.2. The third-order valence-electron chi connectivity index (χ3n) is 9.39. The third-order valence-corrected chi connectivity index (χ3v) is 9.39. The first-order chi connectivity index (χ1) is 23.8. The zero-order valence-corrected chi connectivity index (χ0v) is 25.8. The van der Waals surface area contributed by atoms with Crippen LogP contribution in [0, 0.1) is 0 Å². The number of hydrogen-bond donors (Lipinski definition) is 0. The topological polar surface area (TPSA) is 43.9 Å². The average molecular weight is 614 g/mol. The van der Waals surface area contributed by atoms with Gasteiger partial charge < -0.3 is 8.98 Å². The van der Waals surface area contributed by atoms with Crippen LogP contribution in [0.25, 0.3) is 94.1 Å². The van der Waals surface area contributed by atoms with E-state index in [2.05, 4.69) is 144 Å². The van der Waals surface area contributed by atoms with Gasteiger partial charge in [-0.25, -0.2) is 9.97 Å². The molecule has 224 valence electrons. The highest BCUT2D eigenvalue weighted by Crippen LogP contribution is 2.41. The standard InChI is InChI=1S/C44H27N3O/c1-2-13-29(14-3-1)44-45-41(32-25-24-28-12-4-5-15-30(28)26-32)43-42(46-44)40-34(20-11-23-39(40)48-43)31-16-10-17-33(27-31)47-37-21-8-6-18-35(37)36-19-7-9-22-38(36)47/h1-27H. The highest BCUT2D eigenvalue weighted by Gasteiger charge is 2.21. The Morgan fingerprint density at radius 2 is 1.17 bits per heavy atom. The van der Waals surface area contributed by atoms with E-state index in [-0.39, 0.29) is 0 Å². The summed E-state index contributed by atoms with van der Waals surface area (Å²) in [4.78, 5) is 10.4. The van der Waals surface area contributed by atoms with Crippen molar-refractivity contribution in [3.8, 4) is 39.5 Å². The molecule has 0 unspecified atom stereocenters. The lowest BCUT2D eigenvalue weighted by Crippen LogP contribution is -1.95. The lowest BCUT2D eigenvalue weighted by molar-refractivity contribution is 0.667. The molecule has 0 fully saturated rings. The number of aromatic nitrogens is 3.